The molecule has 0 spiro atoms. The van der Waals surface area contributed by atoms with Crippen LogP contribution in [0.3, 0.4) is 0 Å². The van der Waals surface area contributed by atoms with Crippen molar-refractivity contribution >= 4 is 29.1 Å². The predicted molar refractivity (Wildman–Crippen MR) is 47.4 cm³/mol. The Balaban J connectivity index is 3.33. The predicted octanol–water partition coefficient (Wildman–Crippen LogP) is 3.05. The second-order valence-electron chi connectivity index (χ2n) is 2.01. The van der Waals surface area contributed by atoms with Crippen LogP contribution in [-0.2, 0) is 0 Å². The van der Waals surface area contributed by atoms with Gasteiger partial charge in [0, 0.05) is 10.0 Å². The largest absolute Gasteiger partial charge is 0.388 e. The first kappa shape index (κ1) is 9.05. The number of carbonyl (C=O) groups excluding carboxylic acids is 1. The van der Waals surface area contributed by atoms with Gasteiger partial charge in [-0.15, -0.1) is 0 Å². The smallest absolute Gasteiger partial charge is 0.310 e. The number of halogens is 2. The highest BCUT2D eigenvalue weighted by Gasteiger charge is 2.13. The lowest BCUT2D eigenvalue weighted by molar-refractivity contribution is 0.104. The van der Waals surface area contributed by atoms with Gasteiger partial charge >= 0.3 is 5.91 Å². The lowest BCUT2D eigenvalue weighted by atomic mass is 10.2. The fraction of sp³-hybridized carbons (Fsp3) is 0. The third kappa shape index (κ3) is 1.58. The molecule has 0 aliphatic rings. The fourth-order valence-electron chi connectivity index (χ4n) is 0.758. The number of benzene rings is 1. The van der Waals surface area contributed by atoms with Crippen LogP contribution in [0.15, 0.2) is 18.2 Å². The van der Waals surface area contributed by atoms with Crippen LogP contribution in [0, 0.1) is 6.57 Å². The Morgan fingerprint density at radius 3 is 2.25 bits per heavy atom. The van der Waals surface area contributed by atoms with E-state index in [0.29, 0.717) is 0 Å². The Morgan fingerprint density at radius 1 is 1.33 bits per heavy atom. The van der Waals surface area contributed by atoms with E-state index < -0.39 is 5.91 Å². The lowest BCUT2D eigenvalue weighted by Crippen LogP contribution is -1.93. The van der Waals surface area contributed by atoms with Crippen LogP contribution >= 0.6 is 23.2 Å². The van der Waals surface area contributed by atoms with Crippen molar-refractivity contribution < 1.29 is 4.79 Å². The van der Waals surface area contributed by atoms with E-state index in [-0.39, 0.29) is 15.6 Å². The Labute approximate surface area is 79.5 Å². The molecule has 1 aromatic rings. The number of carbonyl (C=O) groups is 1. The van der Waals surface area contributed by atoms with E-state index in [0.717, 1.165) is 0 Å². The van der Waals surface area contributed by atoms with E-state index in [1.54, 1.807) is 6.07 Å². The van der Waals surface area contributed by atoms with Crippen LogP contribution in [0.5, 0.6) is 0 Å². The van der Waals surface area contributed by atoms with Gasteiger partial charge in [0.2, 0.25) is 0 Å². The summed E-state index contributed by atoms with van der Waals surface area (Å²) >= 11 is 11.3. The minimum Gasteiger partial charge on any atom is -0.310 e. The molecule has 0 radical (unpaired) electrons. The molecule has 0 bridgehead atoms. The van der Waals surface area contributed by atoms with Gasteiger partial charge in [0.15, 0.2) is 0 Å². The quantitative estimate of drug-likeness (QED) is 0.638. The SMILES string of the molecule is [C-]#[N+]C(=O)c1c(Cl)cccc1Cl. The van der Waals surface area contributed by atoms with Gasteiger partial charge < -0.3 is 4.79 Å². The topological polar surface area (TPSA) is 21.4 Å². The van der Waals surface area contributed by atoms with E-state index in [1.807, 2.05) is 0 Å². The maximum Gasteiger partial charge on any atom is 0.388 e. The average molecular weight is 200 g/mol. The number of hydrogen-bond donors (Lipinski definition) is 0. The summed E-state index contributed by atoms with van der Waals surface area (Å²) in [6.45, 7) is 6.50. The molecule has 0 unspecified atom stereocenters. The van der Waals surface area contributed by atoms with Crippen LogP contribution in [-0.4, -0.2) is 5.91 Å². The lowest BCUT2D eigenvalue weighted by Gasteiger charge is -1.99. The van der Waals surface area contributed by atoms with Crippen LogP contribution < -0.4 is 0 Å². The highest BCUT2D eigenvalue weighted by molar-refractivity contribution is 6.40. The molecule has 0 saturated heterocycles. The molecule has 0 aliphatic heterocycles. The van der Waals surface area contributed by atoms with Crippen LogP contribution in [0.2, 0.25) is 10.0 Å². The first-order chi connectivity index (χ1) is 5.66. The average Bonchev–Trinajstić information content (AvgIpc) is 2.03. The minimum absolute atomic E-state index is 0.0795. The van der Waals surface area contributed by atoms with Crippen molar-refractivity contribution in [2.24, 2.45) is 0 Å². The highest BCUT2D eigenvalue weighted by atomic mass is 35.5. The summed E-state index contributed by atoms with van der Waals surface area (Å²) in [5, 5.41) is 0.423. The molecule has 1 amide bonds. The molecular formula is C8H3Cl2NO. The van der Waals surface area contributed by atoms with E-state index in [9.17, 15) is 4.79 Å². The third-order valence-electron chi connectivity index (χ3n) is 1.28. The fourth-order valence-corrected chi connectivity index (χ4v) is 1.32. The summed E-state index contributed by atoms with van der Waals surface area (Å²) < 4.78 is 0. The molecular weight excluding hydrogens is 197 g/mol. The molecule has 0 aromatic heterocycles. The molecule has 0 atom stereocenters. The van der Waals surface area contributed by atoms with Gasteiger partial charge in [0.1, 0.15) is 0 Å². The number of nitrogens with zero attached hydrogens (tertiary/aromatic N) is 1. The molecule has 4 heteroatoms. The van der Waals surface area contributed by atoms with Crippen molar-refractivity contribution in [2.45, 2.75) is 0 Å². The summed E-state index contributed by atoms with van der Waals surface area (Å²) in [6.07, 6.45) is 0. The van der Waals surface area contributed by atoms with E-state index >= 15 is 0 Å². The summed E-state index contributed by atoms with van der Waals surface area (Å²) in [6, 6.07) is 4.66. The summed E-state index contributed by atoms with van der Waals surface area (Å²) in [5.41, 5.74) is 0.0795. The van der Waals surface area contributed by atoms with Gasteiger partial charge in [-0.1, -0.05) is 29.3 Å². The van der Waals surface area contributed by atoms with Crippen molar-refractivity contribution in [3.8, 4) is 0 Å². The van der Waals surface area contributed by atoms with Gasteiger partial charge in [0.25, 0.3) is 0 Å². The Morgan fingerprint density at radius 2 is 1.83 bits per heavy atom. The highest BCUT2D eigenvalue weighted by Crippen LogP contribution is 2.24. The third-order valence-corrected chi connectivity index (χ3v) is 1.91. The molecule has 12 heavy (non-hydrogen) atoms. The number of rotatable bonds is 1. The van der Waals surface area contributed by atoms with Crippen molar-refractivity contribution in [1.82, 2.24) is 0 Å². The van der Waals surface area contributed by atoms with Crippen molar-refractivity contribution in [3.05, 3.63) is 45.2 Å². The number of amides is 1. The van der Waals surface area contributed by atoms with Gasteiger partial charge in [-0.3, -0.25) is 0 Å². The molecule has 2 nitrogen and oxygen atoms in total. The van der Waals surface area contributed by atoms with Gasteiger partial charge in [-0.2, -0.15) is 4.85 Å². The standard InChI is InChI=1S/C8H3Cl2NO/c1-11-8(12)7-5(9)3-2-4-6(7)10/h2-4H. The maximum absolute atomic E-state index is 10.9. The zero-order valence-electron chi connectivity index (χ0n) is 5.84. The van der Waals surface area contributed by atoms with E-state index in [2.05, 4.69) is 4.85 Å². The zero-order chi connectivity index (χ0) is 9.14. The van der Waals surface area contributed by atoms with Gasteiger partial charge in [0.05, 0.1) is 12.1 Å². The molecule has 0 fully saturated rings. The van der Waals surface area contributed by atoms with Gasteiger partial charge in [-0.05, 0) is 12.1 Å². The molecule has 1 rings (SSSR count). The van der Waals surface area contributed by atoms with E-state index in [1.165, 1.54) is 12.1 Å². The summed E-state index contributed by atoms with van der Waals surface area (Å²) in [4.78, 5) is 13.7. The molecule has 0 saturated carbocycles. The monoisotopic (exact) mass is 199 g/mol. The summed E-state index contributed by atoms with van der Waals surface area (Å²) in [7, 11) is 0. The van der Waals surface area contributed by atoms with Crippen LogP contribution in [0.4, 0.5) is 0 Å². The van der Waals surface area contributed by atoms with Crippen LogP contribution in [0.1, 0.15) is 10.4 Å². The molecule has 1 aromatic carbocycles. The molecule has 0 aliphatic carbocycles. The number of hydrogen-bond acceptors (Lipinski definition) is 1. The van der Waals surface area contributed by atoms with Crippen molar-refractivity contribution in [3.63, 3.8) is 0 Å². The van der Waals surface area contributed by atoms with Crippen molar-refractivity contribution in [1.29, 1.82) is 0 Å². The molecule has 0 N–H and O–H groups in total. The minimum atomic E-state index is -0.731. The summed E-state index contributed by atoms with van der Waals surface area (Å²) in [5.74, 6) is -0.731. The Kier molecular flexibility index (Phi) is 2.69. The first-order valence-electron chi connectivity index (χ1n) is 3.02. The van der Waals surface area contributed by atoms with Gasteiger partial charge in [-0.25, -0.2) is 0 Å². The van der Waals surface area contributed by atoms with Crippen LogP contribution in [0.25, 0.3) is 4.85 Å². The second kappa shape index (κ2) is 3.57. The first-order valence-corrected chi connectivity index (χ1v) is 3.78. The molecule has 60 valence electrons. The second-order valence-corrected chi connectivity index (χ2v) is 2.83. The normalized spacial score (nSPS) is 9.08. The zero-order valence-corrected chi connectivity index (χ0v) is 7.36. The maximum atomic E-state index is 10.9. The molecule has 0 heterocycles. The Hall–Kier alpha value is -1.04. The Bertz CT molecular complexity index is 348. The van der Waals surface area contributed by atoms with Crippen molar-refractivity contribution in [2.75, 3.05) is 0 Å². The van der Waals surface area contributed by atoms with E-state index in [4.69, 9.17) is 29.8 Å².